The second-order valence-corrected chi connectivity index (χ2v) is 8.76. The first kappa shape index (κ1) is 26.3. The van der Waals surface area contributed by atoms with E-state index in [9.17, 15) is 35.9 Å². The van der Waals surface area contributed by atoms with Crippen molar-refractivity contribution in [2.75, 3.05) is 11.9 Å². The minimum atomic E-state index is -5.08. The number of carbonyl (C=O) groups is 2. The number of benzene rings is 2. The summed E-state index contributed by atoms with van der Waals surface area (Å²) in [5.74, 6) is -1.62. The van der Waals surface area contributed by atoms with Gasteiger partial charge >= 0.3 is 12.4 Å². The lowest BCUT2D eigenvalue weighted by Gasteiger charge is -2.26. The maximum Gasteiger partial charge on any atom is 0.416 e. The number of anilines is 1. The van der Waals surface area contributed by atoms with Crippen molar-refractivity contribution in [2.24, 2.45) is 0 Å². The van der Waals surface area contributed by atoms with Crippen LogP contribution in [0, 0.1) is 0 Å². The SMILES string of the molecule is CNC(=O)/C(=C\OC1C=C(C)C(=O)N1c1cc(C(F)(F)F)cc(C(F)(F)F)c1)C1CCc2ccccc21. The minimum absolute atomic E-state index is 0.0126. The Balaban J connectivity index is 1.73. The number of fused-ring (bicyclic) bond motifs is 1. The second kappa shape index (κ2) is 9.60. The molecule has 2 aromatic carbocycles. The summed E-state index contributed by atoms with van der Waals surface area (Å²) in [4.78, 5) is 26.2. The number of hydrogen-bond donors (Lipinski definition) is 1. The maximum atomic E-state index is 13.4. The van der Waals surface area contributed by atoms with Crippen LogP contribution in [0.25, 0.3) is 0 Å². The molecule has 196 valence electrons. The highest BCUT2D eigenvalue weighted by Gasteiger charge is 2.40. The van der Waals surface area contributed by atoms with Crippen LogP contribution in [0.4, 0.5) is 32.0 Å². The highest BCUT2D eigenvalue weighted by molar-refractivity contribution is 6.08. The molecule has 0 radical (unpaired) electrons. The third-order valence-electron chi connectivity index (χ3n) is 6.39. The summed E-state index contributed by atoms with van der Waals surface area (Å²) in [5, 5.41) is 2.52. The van der Waals surface area contributed by atoms with Gasteiger partial charge in [0.15, 0.2) is 6.23 Å². The molecule has 0 bridgehead atoms. The first-order chi connectivity index (χ1) is 17.3. The molecule has 1 aliphatic heterocycles. The van der Waals surface area contributed by atoms with Gasteiger partial charge in [0.1, 0.15) is 0 Å². The zero-order chi connectivity index (χ0) is 27.1. The Hall–Kier alpha value is -3.76. The molecule has 1 aliphatic carbocycles. The number of alkyl halides is 6. The molecule has 11 heteroatoms. The van der Waals surface area contributed by atoms with Crippen molar-refractivity contribution in [2.45, 2.75) is 44.3 Å². The van der Waals surface area contributed by atoms with Crippen molar-refractivity contribution in [3.05, 3.63) is 88.2 Å². The van der Waals surface area contributed by atoms with Crippen LogP contribution in [-0.2, 0) is 33.1 Å². The Morgan fingerprint density at radius 3 is 2.27 bits per heavy atom. The molecule has 0 saturated heterocycles. The fourth-order valence-corrected chi connectivity index (χ4v) is 4.57. The third-order valence-corrected chi connectivity index (χ3v) is 6.39. The lowest BCUT2D eigenvalue weighted by atomic mass is 9.93. The normalized spacial score (nSPS) is 20.1. The lowest BCUT2D eigenvalue weighted by molar-refractivity contribution is -0.143. The molecule has 1 heterocycles. The number of halogens is 6. The number of hydrogen-bond acceptors (Lipinski definition) is 3. The first-order valence-electron chi connectivity index (χ1n) is 11.3. The van der Waals surface area contributed by atoms with E-state index >= 15 is 0 Å². The molecular weight excluding hydrogens is 502 g/mol. The van der Waals surface area contributed by atoms with Crippen LogP contribution in [0.1, 0.15) is 41.5 Å². The Labute approximate surface area is 208 Å². The topological polar surface area (TPSA) is 58.6 Å². The number of carbonyl (C=O) groups excluding carboxylic acids is 2. The standard InChI is InChI=1S/C26H22F6N2O3/c1-14-9-22(37-13-21(23(35)33-2)20-8-7-15-5-3-4-6-19(15)20)34(24(14)36)18-11-16(25(27,28)29)10-17(12-18)26(30,31)32/h3-6,9-13,20,22H,7-8H2,1-2H3,(H,33,35)/b21-13-. The molecule has 0 aromatic heterocycles. The van der Waals surface area contributed by atoms with Crippen molar-refractivity contribution in [1.29, 1.82) is 0 Å². The summed E-state index contributed by atoms with van der Waals surface area (Å²) in [7, 11) is 1.42. The molecule has 2 aliphatic rings. The summed E-state index contributed by atoms with van der Waals surface area (Å²) in [6, 6.07) is 8.43. The van der Waals surface area contributed by atoms with E-state index in [-0.39, 0.29) is 23.1 Å². The van der Waals surface area contributed by atoms with Gasteiger partial charge < -0.3 is 10.1 Å². The van der Waals surface area contributed by atoms with Gasteiger partial charge in [-0.1, -0.05) is 24.3 Å². The number of aryl methyl sites for hydroxylation is 1. The van der Waals surface area contributed by atoms with E-state index in [4.69, 9.17) is 4.74 Å². The Bertz CT molecular complexity index is 1260. The third kappa shape index (κ3) is 5.21. The van der Waals surface area contributed by atoms with E-state index in [1.165, 1.54) is 20.0 Å². The second-order valence-electron chi connectivity index (χ2n) is 8.76. The van der Waals surface area contributed by atoms with Gasteiger partial charge in [-0.15, -0.1) is 0 Å². The van der Waals surface area contributed by atoms with Crippen LogP contribution in [0.3, 0.4) is 0 Å². The monoisotopic (exact) mass is 524 g/mol. The van der Waals surface area contributed by atoms with E-state index in [0.29, 0.717) is 29.9 Å². The largest absolute Gasteiger partial charge is 0.474 e. The Morgan fingerprint density at radius 1 is 1.05 bits per heavy atom. The number of rotatable bonds is 5. The molecule has 37 heavy (non-hydrogen) atoms. The maximum absolute atomic E-state index is 13.4. The predicted molar refractivity (Wildman–Crippen MR) is 122 cm³/mol. The minimum Gasteiger partial charge on any atom is -0.474 e. The average Bonchev–Trinajstić information content (AvgIpc) is 3.38. The zero-order valence-electron chi connectivity index (χ0n) is 19.7. The summed E-state index contributed by atoms with van der Waals surface area (Å²) in [6.45, 7) is 1.37. The number of ether oxygens (including phenoxy) is 1. The quantitative estimate of drug-likeness (QED) is 0.309. The average molecular weight is 524 g/mol. The van der Waals surface area contributed by atoms with Crippen molar-refractivity contribution >= 4 is 17.5 Å². The van der Waals surface area contributed by atoms with Gasteiger partial charge in [0, 0.05) is 24.2 Å². The summed E-state index contributed by atoms with van der Waals surface area (Å²) in [6.07, 6.45) is -7.81. The molecule has 5 nitrogen and oxygen atoms in total. The van der Waals surface area contributed by atoms with Gasteiger partial charge in [-0.25, -0.2) is 0 Å². The molecule has 1 N–H and O–H groups in total. The van der Waals surface area contributed by atoms with E-state index in [2.05, 4.69) is 5.32 Å². The summed E-state index contributed by atoms with van der Waals surface area (Å²) >= 11 is 0. The van der Waals surface area contributed by atoms with E-state index in [1.54, 1.807) is 0 Å². The van der Waals surface area contributed by atoms with Gasteiger partial charge in [-0.05, 0) is 55.2 Å². The first-order valence-corrected chi connectivity index (χ1v) is 11.3. The van der Waals surface area contributed by atoms with Crippen LogP contribution in [-0.4, -0.2) is 25.1 Å². The highest BCUT2D eigenvalue weighted by Crippen LogP contribution is 2.41. The van der Waals surface area contributed by atoms with Crippen LogP contribution >= 0.6 is 0 Å². The smallest absolute Gasteiger partial charge is 0.416 e. The van der Waals surface area contributed by atoms with Crippen molar-refractivity contribution in [1.82, 2.24) is 5.32 Å². The van der Waals surface area contributed by atoms with Crippen LogP contribution in [0.5, 0.6) is 0 Å². The van der Waals surface area contributed by atoms with Crippen LogP contribution in [0.2, 0.25) is 0 Å². The molecule has 4 rings (SSSR count). The Morgan fingerprint density at radius 2 is 1.68 bits per heavy atom. The number of nitrogens with zero attached hydrogens (tertiary/aromatic N) is 1. The lowest BCUT2D eigenvalue weighted by Crippen LogP contribution is -2.36. The zero-order valence-corrected chi connectivity index (χ0v) is 19.7. The molecule has 2 amide bonds. The number of amides is 2. The molecule has 2 unspecified atom stereocenters. The molecule has 2 aromatic rings. The molecule has 0 spiro atoms. The van der Waals surface area contributed by atoms with Crippen molar-refractivity contribution in [3.8, 4) is 0 Å². The van der Waals surface area contributed by atoms with Gasteiger partial charge in [-0.2, -0.15) is 26.3 Å². The fraction of sp³-hybridized carbons (Fsp3) is 0.308. The number of likely N-dealkylation sites (N-methyl/N-ethyl adjacent to an activating group) is 1. The van der Waals surface area contributed by atoms with Gasteiger partial charge in [0.25, 0.3) is 11.8 Å². The van der Waals surface area contributed by atoms with Crippen LogP contribution in [0.15, 0.2) is 65.9 Å². The van der Waals surface area contributed by atoms with E-state index in [1.807, 2.05) is 24.3 Å². The van der Waals surface area contributed by atoms with Crippen LogP contribution < -0.4 is 10.2 Å². The molecule has 2 atom stereocenters. The predicted octanol–water partition coefficient (Wildman–Crippen LogP) is 5.72. The summed E-state index contributed by atoms with van der Waals surface area (Å²) in [5.41, 5.74) is -1.49. The molecule has 0 fully saturated rings. The Kier molecular flexibility index (Phi) is 6.83. The van der Waals surface area contributed by atoms with Gasteiger partial charge in [0.2, 0.25) is 0 Å². The van der Waals surface area contributed by atoms with Crippen molar-refractivity contribution in [3.63, 3.8) is 0 Å². The van der Waals surface area contributed by atoms with Gasteiger partial charge in [-0.3, -0.25) is 14.5 Å². The van der Waals surface area contributed by atoms with Gasteiger partial charge in [0.05, 0.1) is 23.0 Å². The summed E-state index contributed by atoms with van der Waals surface area (Å²) < 4.78 is 86.1. The van der Waals surface area contributed by atoms with Crippen molar-refractivity contribution < 1.29 is 40.7 Å². The van der Waals surface area contributed by atoms with E-state index < -0.39 is 47.2 Å². The molecular formula is C26H22F6N2O3. The fourth-order valence-electron chi connectivity index (χ4n) is 4.57. The highest BCUT2D eigenvalue weighted by atomic mass is 19.4. The van der Waals surface area contributed by atoms with E-state index in [0.717, 1.165) is 17.4 Å². The molecule has 0 saturated carbocycles. The number of nitrogens with one attached hydrogen (secondary N) is 1.